The van der Waals surface area contributed by atoms with Gasteiger partial charge in [-0.2, -0.15) is 10.2 Å². The fraction of sp³-hybridized carbons (Fsp3) is 0.0938. The molecule has 0 saturated heterocycles. The number of aromatic nitrogens is 7. The Bertz CT molecular complexity index is 3870. The van der Waals surface area contributed by atoms with Crippen LogP contribution in [-0.4, -0.2) is 34.1 Å². The summed E-state index contributed by atoms with van der Waals surface area (Å²) < 4.78 is 6.53. The van der Waals surface area contributed by atoms with Gasteiger partial charge in [0.25, 0.3) is 0 Å². The van der Waals surface area contributed by atoms with Crippen LogP contribution in [0.2, 0.25) is 0 Å². The van der Waals surface area contributed by atoms with Crippen LogP contribution in [0.1, 0.15) is 46.6 Å². The molecule has 0 fully saturated rings. The lowest BCUT2D eigenvalue weighted by Crippen LogP contribution is -2.17. The van der Waals surface area contributed by atoms with Crippen LogP contribution in [0.5, 0.6) is 0 Å². The van der Waals surface area contributed by atoms with Gasteiger partial charge in [-0.25, -0.2) is 19.3 Å². The van der Waals surface area contributed by atoms with E-state index >= 15 is 0 Å². The Morgan fingerprint density at radius 1 is 0.465 bits per heavy atom. The largest absolute Gasteiger partial charge is 0.309 e. The number of hydrogen-bond donors (Lipinski definition) is 0. The van der Waals surface area contributed by atoms with E-state index in [0.717, 1.165) is 51.8 Å². The maximum Gasteiger partial charge on any atom is 0.181 e. The van der Waals surface area contributed by atoms with Gasteiger partial charge in [0.05, 0.1) is 24.1 Å². The molecule has 2 unspecified atom stereocenters. The molecule has 13 rings (SSSR count). The van der Waals surface area contributed by atoms with Crippen LogP contribution in [0.15, 0.2) is 231 Å². The molecule has 0 aliphatic heterocycles. The molecule has 2 atom stereocenters. The summed E-state index contributed by atoms with van der Waals surface area (Å²) in [5.74, 6) is 3.55. The third-order valence-electron chi connectivity index (χ3n) is 14.4. The predicted molar refractivity (Wildman–Crippen MR) is 288 cm³/mol. The van der Waals surface area contributed by atoms with E-state index in [-0.39, 0.29) is 11.8 Å². The summed E-state index contributed by atoms with van der Waals surface area (Å²) in [5.41, 5.74) is 16.5. The van der Waals surface area contributed by atoms with Gasteiger partial charge in [0.15, 0.2) is 23.3 Å². The van der Waals surface area contributed by atoms with Gasteiger partial charge in [-0.05, 0) is 87.5 Å². The van der Waals surface area contributed by atoms with Crippen molar-refractivity contribution in [2.24, 2.45) is 0 Å². The van der Waals surface area contributed by atoms with Gasteiger partial charge in [0.2, 0.25) is 0 Å². The fourth-order valence-corrected chi connectivity index (χ4v) is 11.0. The molecule has 7 nitrogen and oxygen atoms in total. The van der Waals surface area contributed by atoms with Crippen molar-refractivity contribution in [1.29, 1.82) is 0 Å². The lowest BCUT2D eigenvalue weighted by atomic mass is 9.71. The summed E-state index contributed by atoms with van der Waals surface area (Å²) in [6, 6.07) is 82.1. The van der Waals surface area contributed by atoms with Crippen LogP contribution in [0.3, 0.4) is 0 Å². The highest BCUT2D eigenvalue weighted by atomic mass is 15.4. The second kappa shape index (κ2) is 17.9. The minimum Gasteiger partial charge on any atom is -0.309 e. The third-order valence-corrected chi connectivity index (χ3v) is 14.4. The summed E-state index contributed by atoms with van der Waals surface area (Å²) in [6.45, 7) is 3.64. The molecule has 3 heterocycles. The molecule has 0 bridgehead atoms. The van der Waals surface area contributed by atoms with Crippen molar-refractivity contribution >= 4 is 21.8 Å². The zero-order valence-electron chi connectivity index (χ0n) is 39.3. The Hall–Kier alpha value is -8.94. The first-order valence-electron chi connectivity index (χ1n) is 24.5. The minimum atomic E-state index is 0.193. The SMILES string of the molecule is CC(c1cccc(-c2nc(-c3ccccc3)n(Cc3ccccc3)n2)c1)C1Cc2c(ccc3c2c2ccccc2n3-c2cccc(-c3nc(-c4ccccc4)nn3Cc3ccccc3)c2)-c2ccccc21. The molecule has 3 aromatic heterocycles. The van der Waals surface area contributed by atoms with Crippen LogP contribution >= 0.6 is 0 Å². The molecule has 0 spiro atoms. The van der Waals surface area contributed by atoms with Crippen LogP contribution in [0.4, 0.5) is 0 Å². The first kappa shape index (κ1) is 42.2. The molecular weight excluding hydrogens is 867 g/mol. The second-order valence-electron chi connectivity index (χ2n) is 18.7. The van der Waals surface area contributed by atoms with Crippen LogP contribution < -0.4 is 0 Å². The average Bonchev–Trinajstić information content (AvgIpc) is 4.16. The smallest absolute Gasteiger partial charge is 0.181 e. The van der Waals surface area contributed by atoms with Gasteiger partial charge in [0.1, 0.15) is 0 Å². The van der Waals surface area contributed by atoms with E-state index in [2.05, 4.69) is 218 Å². The molecule has 12 aromatic rings. The van der Waals surface area contributed by atoms with Gasteiger partial charge in [0, 0.05) is 38.7 Å². The average molecular weight is 916 g/mol. The topological polar surface area (TPSA) is 66.3 Å². The molecule has 71 heavy (non-hydrogen) atoms. The molecule has 0 saturated carbocycles. The van der Waals surface area contributed by atoms with Gasteiger partial charge in [-0.3, -0.25) is 0 Å². The highest BCUT2D eigenvalue weighted by Crippen LogP contribution is 2.50. The van der Waals surface area contributed by atoms with Gasteiger partial charge < -0.3 is 4.57 Å². The van der Waals surface area contributed by atoms with Crippen molar-refractivity contribution in [3.8, 4) is 62.4 Å². The Morgan fingerprint density at radius 2 is 1.03 bits per heavy atom. The molecule has 7 heteroatoms. The van der Waals surface area contributed by atoms with Crippen LogP contribution in [-0.2, 0) is 19.5 Å². The first-order valence-corrected chi connectivity index (χ1v) is 24.5. The monoisotopic (exact) mass is 915 g/mol. The van der Waals surface area contributed by atoms with E-state index in [1.54, 1.807) is 0 Å². The maximum atomic E-state index is 5.21. The normalized spacial score (nSPS) is 13.6. The fourth-order valence-electron chi connectivity index (χ4n) is 11.0. The molecular formula is C64H49N7. The highest BCUT2D eigenvalue weighted by Gasteiger charge is 2.32. The van der Waals surface area contributed by atoms with E-state index in [1.165, 1.54) is 60.8 Å². The third kappa shape index (κ3) is 7.72. The zero-order valence-corrected chi connectivity index (χ0v) is 39.3. The van der Waals surface area contributed by atoms with Gasteiger partial charge in [-0.15, -0.1) is 0 Å². The van der Waals surface area contributed by atoms with Crippen LogP contribution in [0.25, 0.3) is 84.2 Å². The number of hydrogen-bond acceptors (Lipinski definition) is 4. The van der Waals surface area contributed by atoms with Crippen LogP contribution in [0, 0.1) is 0 Å². The lowest BCUT2D eigenvalue weighted by molar-refractivity contribution is 0.570. The predicted octanol–water partition coefficient (Wildman–Crippen LogP) is 14.8. The molecule has 340 valence electrons. The molecule has 1 aliphatic carbocycles. The van der Waals surface area contributed by atoms with E-state index in [1.807, 2.05) is 33.6 Å². The van der Waals surface area contributed by atoms with Crippen molar-refractivity contribution < 1.29 is 0 Å². The molecule has 1 aliphatic rings. The van der Waals surface area contributed by atoms with Gasteiger partial charge >= 0.3 is 0 Å². The number of rotatable bonds is 11. The molecule has 0 amide bonds. The Morgan fingerprint density at radius 3 is 1.75 bits per heavy atom. The zero-order chi connectivity index (χ0) is 47.3. The highest BCUT2D eigenvalue weighted by molar-refractivity contribution is 6.13. The Kier molecular flexibility index (Phi) is 10.6. The summed E-state index contributed by atoms with van der Waals surface area (Å²) in [6.07, 6.45) is 0.899. The second-order valence-corrected chi connectivity index (χ2v) is 18.7. The van der Waals surface area contributed by atoms with E-state index in [9.17, 15) is 0 Å². The maximum absolute atomic E-state index is 5.21. The summed E-state index contributed by atoms with van der Waals surface area (Å²) >= 11 is 0. The lowest BCUT2D eigenvalue weighted by Gasteiger charge is -2.33. The van der Waals surface area contributed by atoms with Crippen molar-refractivity contribution in [3.63, 3.8) is 0 Å². The molecule has 0 radical (unpaired) electrons. The minimum absolute atomic E-state index is 0.193. The van der Waals surface area contributed by atoms with Crippen molar-refractivity contribution in [2.45, 2.75) is 38.3 Å². The quantitative estimate of drug-likeness (QED) is 0.130. The number of nitrogens with zero attached hydrogens (tertiary/aromatic N) is 7. The van der Waals surface area contributed by atoms with Crippen molar-refractivity contribution in [1.82, 2.24) is 34.1 Å². The summed E-state index contributed by atoms with van der Waals surface area (Å²) in [4.78, 5) is 10.4. The van der Waals surface area contributed by atoms with Gasteiger partial charge in [-0.1, -0.05) is 207 Å². The summed E-state index contributed by atoms with van der Waals surface area (Å²) in [5, 5.41) is 12.8. The van der Waals surface area contributed by atoms with Crippen molar-refractivity contribution in [2.75, 3.05) is 0 Å². The Balaban J connectivity index is 0.893. The molecule has 0 N–H and O–H groups in total. The van der Waals surface area contributed by atoms with E-state index < -0.39 is 0 Å². The van der Waals surface area contributed by atoms with Crippen molar-refractivity contribution in [3.05, 3.63) is 258 Å². The number of para-hydroxylation sites is 1. The first-order chi connectivity index (χ1) is 35.1. The standard InChI is InChI=1S/C64H49N7/c1-43(48-28-18-29-49(38-48)62-66-63(47-26-12-5-13-27-47)69(68-62)41-44-20-6-2-7-21-44)56-40-57-54(52-32-14-15-33-53(52)56)36-37-59-60(57)55-34-16-17-35-58(55)71(59)51-31-19-30-50(39-51)64-65-61(46-24-10-4-11-25-46)67-70(64)42-45-22-8-3-9-23-45/h2-39,43,56H,40-42H2,1H3. The molecule has 9 aromatic carbocycles. The Labute approximate surface area is 413 Å². The van der Waals surface area contributed by atoms with E-state index in [0.29, 0.717) is 18.9 Å². The number of benzene rings is 9. The summed E-state index contributed by atoms with van der Waals surface area (Å²) in [7, 11) is 0. The van der Waals surface area contributed by atoms with E-state index in [4.69, 9.17) is 20.2 Å². The number of fused-ring (bicyclic) bond motifs is 7.